The lowest BCUT2D eigenvalue weighted by molar-refractivity contribution is -0.159. The molecule has 74 valence electrons. The third-order valence-electron chi connectivity index (χ3n) is 3.30. The molecule has 0 N–H and O–H groups in total. The number of carbonyl (C=O) groups is 1. The fourth-order valence-electron chi connectivity index (χ4n) is 2.20. The summed E-state index contributed by atoms with van der Waals surface area (Å²) < 4.78 is 13.1. The second kappa shape index (κ2) is 2.46. The molecule has 2 rings (SSSR count). The summed E-state index contributed by atoms with van der Waals surface area (Å²) in [6.45, 7) is 4.13. The lowest BCUT2D eigenvalue weighted by Crippen LogP contribution is -2.62. The molecular formula is C10H16FNO. The second-order valence-corrected chi connectivity index (χ2v) is 4.99. The molecule has 1 saturated heterocycles. The number of nitrogens with zero attached hydrogens (tertiary/aromatic N) is 1. The Kier molecular flexibility index (Phi) is 1.70. The van der Waals surface area contributed by atoms with Gasteiger partial charge in [-0.05, 0) is 19.8 Å². The highest BCUT2D eigenvalue weighted by Crippen LogP contribution is 2.43. The molecular weight excluding hydrogens is 169 g/mol. The quantitative estimate of drug-likeness (QED) is 0.609. The molecule has 0 radical (unpaired) electrons. The maximum Gasteiger partial charge on any atom is 0.228 e. The van der Waals surface area contributed by atoms with Crippen LogP contribution in [0.15, 0.2) is 0 Å². The highest BCUT2D eigenvalue weighted by atomic mass is 19.1. The van der Waals surface area contributed by atoms with E-state index < -0.39 is 5.67 Å². The van der Waals surface area contributed by atoms with Crippen LogP contribution in [0.4, 0.5) is 4.39 Å². The first kappa shape index (κ1) is 8.97. The molecule has 3 heteroatoms. The topological polar surface area (TPSA) is 20.3 Å². The summed E-state index contributed by atoms with van der Waals surface area (Å²) in [6.07, 6.45) is 3.10. The third-order valence-corrected chi connectivity index (χ3v) is 3.30. The van der Waals surface area contributed by atoms with E-state index >= 15 is 0 Å². The number of hydrogen-bond donors (Lipinski definition) is 0. The molecule has 0 aromatic rings. The van der Waals surface area contributed by atoms with Crippen molar-refractivity contribution < 1.29 is 9.18 Å². The number of amides is 1. The first-order valence-corrected chi connectivity index (χ1v) is 4.91. The van der Waals surface area contributed by atoms with Crippen molar-refractivity contribution in [1.29, 1.82) is 0 Å². The minimum atomic E-state index is -1.13. The van der Waals surface area contributed by atoms with E-state index in [9.17, 15) is 9.18 Å². The van der Waals surface area contributed by atoms with Gasteiger partial charge in [0.05, 0.1) is 13.1 Å². The highest BCUT2D eigenvalue weighted by molar-refractivity contribution is 5.84. The van der Waals surface area contributed by atoms with Gasteiger partial charge in [-0.15, -0.1) is 0 Å². The van der Waals surface area contributed by atoms with Crippen LogP contribution in [0.1, 0.15) is 33.1 Å². The number of hydrogen-bond acceptors (Lipinski definition) is 1. The van der Waals surface area contributed by atoms with Gasteiger partial charge < -0.3 is 4.90 Å². The van der Waals surface area contributed by atoms with Gasteiger partial charge in [0.2, 0.25) is 5.91 Å². The molecule has 0 bridgehead atoms. The van der Waals surface area contributed by atoms with Crippen LogP contribution in [-0.2, 0) is 4.79 Å². The van der Waals surface area contributed by atoms with Gasteiger partial charge in [0.15, 0.2) is 0 Å². The fraction of sp³-hybridized carbons (Fsp3) is 0.900. The molecule has 1 heterocycles. The lowest BCUT2D eigenvalue weighted by atomic mass is 9.69. The molecule has 1 saturated carbocycles. The van der Waals surface area contributed by atoms with Crippen molar-refractivity contribution >= 4 is 5.91 Å². The molecule has 1 aliphatic heterocycles. The van der Waals surface area contributed by atoms with Crippen molar-refractivity contribution in [3.05, 3.63) is 0 Å². The summed E-state index contributed by atoms with van der Waals surface area (Å²) in [7, 11) is 0. The van der Waals surface area contributed by atoms with Crippen LogP contribution >= 0.6 is 0 Å². The SMILES string of the molecule is CC1(F)CN(C(=O)C2(C)CCC2)C1. The van der Waals surface area contributed by atoms with E-state index in [0.717, 1.165) is 19.3 Å². The zero-order valence-corrected chi connectivity index (χ0v) is 8.27. The van der Waals surface area contributed by atoms with Crippen LogP contribution < -0.4 is 0 Å². The van der Waals surface area contributed by atoms with Gasteiger partial charge in [-0.2, -0.15) is 0 Å². The van der Waals surface area contributed by atoms with Gasteiger partial charge in [-0.3, -0.25) is 4.79 Å². The van der Waals surface area contributed by atoms with Crippen LogP contribution in [0.2, 0.25) is 0 Å². The molecule has 0 aromatic heterocycles. The Morgan fingerprint density at radius 3 is 2.15 bits per heavy atom. The van der Waals surface area contributed by atoms with Crippen LogP contribution in [0.3, 0.4) is 0 Å². The van der Waals surface area contributed by atoms with E-state index in [0.29, 0.717) is 13.1 Å². The Morgan fingerprint density at radius 1 is 1.31 bits per heavy atom. The van der Waals surface area contributed by atoms with E-state index in [4.69, 9.17) is 0 Å². The summed E-state index contributed by atoms with van der Waals surface area (Å²) in [6, 6.07) is 0. The van der Waals surface area contributed by atoms with Gasteiger partial charge in [-0.1, -0.05) is 13.3 Å². The monoisotopic (exact) mass is 185 g/mol. The Bertz CT molecular complexity index is 237. The standard InChI is InChI=1S/C10H16FNO/c1-9(4-3-5-9)8(13)12-6-10(2,11)7-12/h3-7H2,1-2H3. The number of rotatable bonds is 1. The van der Waals surface area contributed by atoms with Crippen LogP contribution in [0.25, 0.3) is 0 Å². The molecule has 0 atom stereocenters. The summed E-state index contributed by atoms with van der Waals surface area (Å²) >= 11 is 0. The summed E-state index contributed by atoms with van der Waals surface area (Å²) in [4.78, 5) is 13.4. The van der Waals surface area contributed by atoms with Crippen LogP contribution in [-0.4, -0.2) is 29.6 Å². The average molecular weight is 185 g/mol. The third kappa shape index (κ3) is 1.34. The van der Waals surface area contributed by atoms with Gasteiger partial charge in [0.25, 0.3) is 0 Å². The average Bonchev–Trinajstić information content (AvgIpc) is 1.94. The minimum absolute atomic E-state index is 0.156. The fourth-order valence-corrected chi connectivity index (χ4v) is 2.20. The van der Waals surface area contributed by atoms with Gasteiger partial charge in [-0.25, -0.2) is 4.39 Å². The summed E-state index contributed by atoms with van der Waals surface area (Å²) in [5, 5.41) is 0. The van der Waals surface area contributed by atoms with E-state index in [-0.39, 0.29) is 11.3 Å². The Morgan fingerprint density at radius 2 is 1.85 bits per heavy atom. The van der Waals surface area contributed by atoms with Crippen molar-refractivity contribution in [2.24, 2.45) is 5.41 Å². The molecule has 2 nitrogen and oxygen atoms in total. The zero-order valence-electron chi connectivity index (χ0n) is 8.27. The Labute approximate surface area is 78.1 Å². The van der Waals surface area contributed by atoms with E-state index in [1.54, 1.807) is 11.8 Å². The molecule has 2 aliphatic rings. The Balaban J connectivity index is 1.93. The normalized spacial score (nSPS) is 29.0. The first-order valence-electron chi connectivity index (χ1n) is 4.91. The van der Waals surface area contributed by atoms with Gasteiger partial charge >= 0.3 is 0 Å². The van der Waals surface area contributed by atoms with Crippen molar-refractivity contribution in [2.45, 2.75) is 38.8 Å². The van der Waals surface area contributed by atoms with Crippen LogP contribution in [0, 0.1) is 5.41 Å². The van der Waals surface area contributed by atoms with Crippen molar-refractivity contribution in [3.8, 4) is 0 Å². The number of likely N-dealkylation sites (tertiary alicyclic amines) is 1. The summed E-state index contributed by atoms with van der Waals surface area (Å²) in [5.74, 6) is 0.161. The lowest BCUT2D eigenvalue weighted by Gasteiger charge is -2.48. The van der Waals surface area contributed by atoms with Gasteiger partial charge in [0, 0.05) is 5.41 Å². The molecule has 1 amide bonds. The van der Waals surface area contributed by atoms with Crippen molar-refractivity contribution in [3.63, 3.8) is 0 Å². The van der Waals surface area contributed by atoms with E-state index in [1.807, 2.05) is 6.92 Å². The van der Waals surface area contributed by atoms with E-state index in [1.165, 1.54) is 0 Å². The number of halogens is 1. The molecule has 0 spiro atoms. The second-order valence-electron chi connectivity index (χ2n) is 4.99. The summed E-state index contributed by atoms with van der Waals surface area (Å²) in [5.41, 5.74) is -1.29. The van der Waals surface area contributed by atoms with Crippen molar-refractivity contribution in [1.82, 2.24) is 4.90 Å². The predicted molar refractivity (Wildman–Crippen MR) is 48.1 cm³/mol. The number of alkyl halides is 1. The van der Waals surface area contributed by atoms with Crippen molar-refractivity contribution in [2.75, 3.05) is 13.1 Å². The van der Waals surface area contributed by atoms with E-state index in [2.05, 4.69) is 0 Å². The molecule has 2 fully saturated rings. The smallest absolute Gasteiger partial charge is 0.228 e. The maximum absolute atomic E-state index is 13.1. The zero-order chi connectivity index (χ0) is 9.69. The minimum Gasteiger partial charge on any atom is -0.336 e. The maximum atomic E-state index is 13.1. The molecule has 13 heavy (non-hydrogen) atoms. The molecule has 0 unspecified atom stereocenters. The molecule has 1 aliphatic carbocycles. The first-order chi connectivity index (χ1) is 5.93. The molecule has 0 aromatic carbocycles. The predicted octanol–water partition coefficient (Wildman–Crippen LogP) is 1.75. The Hall–Kier alpha value is -0.600. The van der Waals surface area contributed by atoms with Gasteiger partial charge in [0.1, 0.15) is 5.67 Å². The van der Waals surface area contributed by atoms with Crippen LogP contribution in [0.5, 0.6) is 0 Å². The largest absolute Gasteiger partial charge is 0.336 e. The number of carbonyl (C=O) groups excluding carboxylic acids is 1. The highest BCUT2D eigenvalue weighted by Gasteiger charge is 2.49.